The van der Waals surface area contributed by atoms with Gasteiger partial charge in [-0.2, -0.15) is 0 Å². The Morgan fingerprint density at radius 1 is 1.75 bits per heavy atom. The van der Waals surface area contributed by atoms with E-state index in [1.807, 2.05) is 0 Å². The van der Waals surface area contributed by atoms with Crippen LogP contribution in [0.3, 0.4) is 0 Å². The van der Waals surface area contributed by atoms with E-state index in [4.69, 9.17) is 10.8 Å². The van der Waals surface area contributed by atoms with Crippen LogP contribution in [0.4, 0.5) is 0 Å². The van der Waals surface area contributed by atoms with Gasteiger partial charge in [0.15, 0.2) is 0 Å². The Morgan fingerprint density at radius 3 is 3.00 bits per heavy atom. The fourth-order valence-corrected chi connectivity index (χ4v) is 1.59. The summed E-state index contributed by atoms with van der Waals surface area (Å²) in [4.78, 5) is 10.4. The zero-order chi connectivity index (χ0) is 8.97. The molecule has 0 aromatic heterocycles. The van der Waals surface area contributed by atoms with Crippen LogP contribution in [0.1, 0.15) is 19.3 Å². The Morgan fingerprint density at radius 2 is 2.50 bits per heavy atom. The number of carbonyl (C=O) groups is 1. The molecule has 12 heavy (non-hydrogen) atoms. The SMILES string of the molecule is N[C@@H](CC1CCCNC1)C(=O)O. The minimum Gasteiger partial charge on any atom is -0.480 e. The number of carboxylic acids is 1. The van der Waals surface area contributed by atoms with Crippen LogP contribution in [0.5, 0.6) is 0 Å². The van der Waals surface area contributed by atoms with Gasteiger partial charge in [-0.1, -0.05) is 0 Å². The Bertz CT molecular complexity index is 155. The number of piperidine rings is 1. The molecule has 0 aromatic rings. The molecule has 0 amide bonds. The second-order valence-electron chi connectivity index (χ2n) is 3.39. The second-order valence-corrected chi connectivity index (χ2v) is 3.39. The summed E-state index contributed by atoms with van der Waals surface area (Å²) in [5.41, 5.74) is 5.42. The van der Waals surface area contributed by atoms with E-state index in [0.29, 0.717) is 12.3 Å². The van der Waals surface area contributed by atoms with Gasteiger partial charge in [0.25, 0.3) is 0 Å². The van der Waals surface area contributed by atoms with E-state index in [1.54, 1.807) is 0 Å². The lowest BCUT2D eigenvalue weighted by atomic mass is 9.93. The van der Waals surface area contributed by atoms with Crippen LogP contribution < -0.4 is 11.1 Å². The predicted octanol–water partition coefficient (Wildman–Crippen LogP) is -0.212. The second kappa shape index (κ2) is 4.42. The van der Waals surface area contributed by atoms with Crippen LogP contribution in [0.25, 0.3) is 0 Å². The summed E-state index contributed by atoms with van der Waals surface area (Å²) in [5, 5.41) is 11.8. The first-order valence-electron chi connectivity index (χ1n) is 4.39. The summed E-state index contributed by atoms with van der Waals surface area (Å²) in [6.07, 6.45) is 2.84. The summed E-state index contributed by atoms with van der Waals surface area (Å²) in [6.45, 7) is 1.97. The number of carboxylic acid groups (broad SMARTS) is 1. The fraction of sp³-hybridized carbons (Fsp3) is 0.875. The minimum absolute atomic E-state index is 0.449. The lowest BCUT2D eigenvalue weighted by Gasteiger charge is -2.23. The summed E-state index contributed by atoms with van der Waals surface area (Å²) < 4.78 is 0. The van der Waals surface area contributed by atoms with Gasteiger partial charge < -0.3 is 16.2 Å². The summed E-state index contributed by atoms with van der Waals surface area (Å²) >= 11 is 0. The molecular weight excluding hydrogens is 156 g/mol. The Balaban J connectivity index is 2.24. The van der Waals surface area contributed by atoms with Crippen molar-refractivity contribution in [1.29, 1.82) is 0 Å². The fourth-order valence-electron chi connectivity index (χ4n) is 1.59. The molecular formula is C8H16N2O2. The normalized spacial score (nSPS) is 26.6. The molecule has 70 valence electrons. The van der Waals surface area contributed by atoms with Crippen molar-refractivity contribution in [3.05, 3.63) is 0 Å². The number of hydrogen-bond donors (Lipinski definition) is 3. The summed E-state index contributed by atoms with van der Waals surface area (Å²) in [5.74, 6) is -0.439. The van der Waals surface area contributed by atoms with Gasteiger partial charge in [0.05, 0.1) is 0 Å². The highest BCUT2D eigenvalue weighted by molar-refractivity contribution is 5.73. The monoisotopic (exact) mass is 172 g/mol. The van der Waals surface area contributed by atoms with Crippen LogP contribution in [0.2, 0.25) is 0 Å². The van der Waals surface area contributed by atoms with E-state index in [0.717, 1.165) is 25.9 Å². The van der Waals surface area contributed by atoms with Crippen molar-refractivity contribution >= 4 is 5.97 Å². The molecule has 0 aromatic carbocycles. The van der Waals surface area contributed by atoms with Crippen molar-refractivity contribution in [1.82, 2.24) is 5.32 Å². The molecule has 0 radical (unpaired) electrons. The first kappa shape index (κ1) is 9.48. The summed E-state index contributed by atoms with van der Waals surface area (Å²) in [7, 11) is 0. The first-order valence-corrected chi connectivity index (χ1v) is 4.39. The number of nitrogens with one attached hydrogen (secondary N) is 1. The molecule has 1 aliphatic rings. The van der Waals surface area contributed by atoms with E-state index in [-0.39, 0.29) is 0 Å². The molecule has 1 fully saturated rings. The van der Waals surface area contributed by atoms with Gasteiger partial charge in [-0.05, 0) is 38.3 Å². The molecule has 2 atom stereocenters. The standard InChI is InChI=1S/C8H16N2O2/c9-7(8(11)12)4-6-2-1-3-10-5-6/h6-7,10H,1-5,9H2,(H,11,12)/t6?,7-/m0/s1. The van der Waals surface area contributed by atoms with Gasteiger partial charge in [-0.15, -0.1) is 0 Å². The van der Waals surface area contributed by atoms with Gasteiger partial charge >= 0.3 is 5.97 Å². The van der Waals surface area contributed by atoms with Gasteiger partial charge in [0.2, 0.25) is 0 Å². The molecule has 0 aliphatic carbocycles. The molecule has 1 rings (SSSR count). The van der Waals surface area contributed by atoms with Crippen molar-refractivity contribution in [2.24, 2.45) is 11.7 Å². The zero-order valence-electron chi connectivity index (χ0n) is 7.12. The van der Waals surface area contributed by atoms with E-state index in [1.165, 1.54) is 0 Å². The van der Waals surface area contributed by atoms with Crippen LogP contribution >= 0.6 is 0 Å². The van der Waals surface area contributed by atoms with Gasteiger partial charge in [0.1, 0.15) is 6.04 Å². The highest BCUT2D eigenvalue weighted by Gasteiger charge is 2.19. The number of hydrogen-bond acceptors (Lipinski definition) is 3. The molecule has 0 spiro atoms. The van der Waals surface area contributed by atoms with Crippen molar-refractivity contribution in [3.63, 3.8) is 0 Å². The topological polar surface area (TPSA) is 75.3 Å². The molecule has 1 heterocycles. The smallest absolute Gasteiger partial charge is 0.320 e. The van der Waals surface area contributed by atoms with Crippen LogP contribution in [-0.2, 0) is 4.79 Å². The van der Waals surface area contributed by atoms with Gasteiger partial charge in [0, 0.05) is 0 Å². The lowest BCUT2D eigenvalue weighted by molar-refractivity contribution is -0.139. The Kier molecular flexibility index (Phi) is 3.49. The average Bonchev–Trinajstić information content (AvgIpc) is 2.06. The maximum absolute atomic E-state index is 10.4. The predicted molar refractivity (Wildman–Crippen MR) is 45.8 cm³/mol. The maximum Gasteiger partial charge on any atom is 0.320 e. The molecule has 1 saturated heterocycles. The number of aliphatic carboxylic acids is 1. The van der Waals surface area contributed by atoms with Crippen LogP contribution in [0.15, 0.2) is 0 Å². The highest BCUT2D eigenvalue weighted by Crippen LogP contribution is 2.15. The first-order chi connectivity index (χ1) is 5.70. The van der Waals surface area contributed by atoms with Crippen LogP contribution in [0, 0.1) is 5.92 Å². The highest BCUT2D eigenvalue weighted by atomic mass is 16.4. The minimum atomic E-state index is -0.888. The third-order valence-electron chi connectivity index (χ3n) is 2.30. The van der Waals surface area contributed by atoms with Gasteiger partial charge in [-0.3, -0.25) is 4.79 Å². The number of nitrogens with two attached hydrogens (primary N) is 1. The quantitative estimate of drug-likeness (QED) is 0.550. The molecule has 1 aliphatic heterocycles. The molecule has 1 unspecified atom stereocenters. The molecule has 4 heteroatoms. The summed E-state index contributed by atoms with van der Waals surface area (Å²) in [6, 6.07) is -0.685. The third-order valence-corrected chi connectivity index (χ3v) is 2.30. The van der Waals surface area contributed by atoms with Gasteiger partial charge in [-0.25, -0.2) is 0 Å². The van der Waals surface area contributed by atoms with Crippen molar-refractivity contribution in [2.75, 3.05) is 13.1 Å². The Labute approximate surface area is 72.1 Å². The third kappa shape index (κ3) is 2.79. The lowest BCUT2D eigenvalue weighted by Crippen LogP contribution is -2.37. The van der Waals surface area contributed by atoms with E-state index in [2.05, 4.69) is 5.32 Å². The average molecular weight is 172 g/mol. The molecule has 4 N–H and O–H groups in total. The van der Waals surface area contributed by atoms with E-state index >= 15 is 0 Å². The van der Waals surface area contributed by atoms with E-state index < -0.39 is 12.0 Å². The van der Waals surface area contributed by atoms with E-state index in [9.17, 15) is 4.79 Å². The largest absolute Gasteiger partial charge is 0.480 e. The van der Waals surface area contributed by atoms with Crippen molar-refractivity contribution in [3.8, 4) is 0 Å². The number of rotatable bonds is 3. The Hall–Kier alpha value is -0.610. The molecule has 0 bridgehead atoms. The zero-order valence-corrected chi connectivity index (χ0v) is 7.12. The van der Waals surface area contributed by atoms with Crippen molar-refractivity contribution < 1.29 is 9.90 Å². The maximum atomic E-state index is 10.4. The molecule has 0 saturated carbocycles. The van der Waals surface area contributed by atoms with Crippen molar-refractivity contribution in [2.45, 2.75) is 25.3 Å². The van der Waals surface area contributed by atoms with Crippen LogP contribution in [-0.4, -0.2) is 30.2 Å². The molecule has 4 nitrogen and oxygen atoms in total.